The molecule has 1 N–H and O–H groups in total. The van der Waals surface area contributed by atoms with E-state index in [0.717, 1.165) is 44.9 Å². The van der Waals surface area contributed by atoms with Gasteiger partial charge in [0.05, 0.1) is 12.5 Å². The molecule has 0 unspecified atom stereocenters. The highest BCUT2D eigenvalue weighted by Gasteiger charge is 2.28. The highest BCUT2D eigenvalue weighted by Crippen LogP contribution is 2.18. The third kappa shape index (κ3) is 5.53. The minimum atomic E-state index is -0.0775. The molecule has 0 aliphatic carbocycles. The smallest absolute Gasteiger partial charge is 0.310 e. The Kier molecular flexibility index (Phi) is 7.39. The average Bonchev–Trinajstić information content (AvgIpc) is 3.08. The van der Waals surface area contributed by atoms with Gasteiger partial charge >= 0.3 is 5.97 Å². The molecular formula is C17H27N3O2S. The number of guanidine groups is 1. The summed E-state index contributed by atoms with van der Waals surface area (Å²) in [7, 11) is 0. The van der Waals surface area contributed by atoms with Gasteiger partial charge in [-0.15, -0.1) is 0 Å². The number of likely N-dealkylation sites (tertiary alicyclic amines) is 1. The number of nitrogens with zero attached hydrogens (tertiary/aromatic N) is 2. The number of carbonyl (C=O) groups is 1. The molecule has 1 fully saturated rings. The van der Waals surface area contributed by atoms with Crippen LogP contribution in [0.5, 0.6) is 0 Å². The fourth-order valence-corrected chi connectivity index (χ4v) is 3.48. The van der Waals surface area contributed by atoms with Crippen molar-refractivity contribution in [1.29, 1.82) is 0 Å². The fourth-order valence-electron chi connectivity index (χ4n) is 2.77. The molecular weight excluding hydrogens is 310 g/mol. The SMILES string of the molecule is CCNC(=NCCc1ccsc1)N1CCC[C@@H](C(=O)OCC)C1. The summed E-state index contributed by atoms with van der Waals surface area (Å²) in [5, 5.41) is 7.61. The van der Waals surface area contributed by atoms with E-state index in [4.69, 9.17) is 9.73 Å². The van der Waals surface area contributed by atoms with Gasteiger partial charge in [-0.2, -0.15) is 11.3 Å². The molecule has 1 saturated heterocycles. The van der Waals surface area contributed by atoms with Crippen LogP contribution >= 0.6 is 11.3 Å². The molecule has 0 saturated carbocycles. The van der Waals surface area contributed by atoms with Gasteiger partial charge in [-0.25, -0.2) is 0 Å². The number of thiophene rings is 1. The van der Waals surface area contributed by atoms with Crippen LogP contribution in [0.15, 0.2) is 21.8 Å². The Morgan fingerprint density at radius 1 is 1.52 bits per heavy atom. The van der Waals surface area contributed by atoms with Gasteiger partial charge in [0, 0.05) is 26.2 Å². The van der Waals surface area contributed by atoms with Crippen molar-refractivity contribution in [2.24, 2.45) is 10.9 Å². The normalized spacial score (nSPS) is 18.8. The van der Waals surface area contributed by atoms with E-state index in [-0.39, 0.29) is 11.9 Å². The third-order valence-electron chi connectivity index (χ3n) is 3.92. The van der Waals surface area contributed by atoms with E-state index in [1.807, 2.05) is 6.92 Å². The van der Waals surface area contributed by atoms with Gasteiger partial charge in [0.15, 0.2) is 5.96 Å². The molecule has 0 aromatic carbocycles. The third-order valence-corrected chi connectivity index (χ3v) is 4.65. The molecule has 128 valence electrons. The maximum atomic E-state index is 12.0. The van der Waals surface area contributed by atoms with E-state index < -0.39 is 0 Å². The van der Waals surface area contributed by atoms with Gasteiger partial charge in [-0.3, -0.25) is 9.79 Å². The van der Waals surface area contributed by atoms with E-state index >= 15 is 0 Å². The summed E-state index contributed by atoms with van der Waals surface area (Å²) in [5.74, 6) is 0.799. The average molecular weight is 337 g/mol. The summed E-state index contributed by atoms with van der Waals surface area (Å²) < 4.78 is 5.17. The molecule has 0 spiro atoms. The Bertz CT molecular complexity index is 502. The summed E-state index contributed by atoms with van der Waals surface area (Å²) in [6, 6.07) is 2.14. The van der Waals surface area contributed by atoms with Crippen molar-refractivity contribution in [3.8, 4) is 0 Å². The van der Waals surface area contributed by atoms with E-state index in [2.05, 4.69) is 34.0 Å². The number of rotatable bonds is 6. The highest BCUT2D eigenvalue weighted by molar-refractivity contribution is 7.07. The maximum Gasteiger partial charge on any atom is 0.310 e. The van der Waals surface area contributed by atoms with Crippen molar-refractivity contribution in [1.82, 2.24) is 10.2 Å². The van der Waals surface area contributed by atoms with Gasteiger partial charge < -0.3 is 15.0 Å². The van der Waals surface area contributed by atoms with Crippen molar-refractivity contribution in [3.05, 3.63) is 22.4 Å². The number of esters is 1. The number of aliphatic imine (C=N–C) groups is 1. The van der Waals surface area contributed by atoms with Crippen molar-refractivity contribution in [2.75, 3.05) is 32.8 Å². The molecule has 6 heteroatoms. The molecule has 0 radical (unpaired) electrons. The standard InChI is InChI=1S/C17H27N3O2S/c1-3-18-17(19-9-7-14-8-11-23-13-14)20-10-5-6-15(12-20)16(21)22-4-2/h8,11,13,15H,3-7,9-10,12H2,1-2H3,(H,18,19)/t15-/m1/s1. The first-order chi connectivity index (χ1) is 11.2. The van der Waals surface area contributed by atoms with E-state index in [1.165, 1.54) is 5.56 Å². The summed E-state index contributed by atoms with van der Waals surface area (Å²) >= 11 is 1.72. The van der Waals surface area contributed by atoms with Gasteiger partial charge in [0.1, 0.15) is 0 Å². The second-order valence-corrected chi connectivity index (χ2v) is 6.43. The maximum absolute atomic E-state index is 12.0. The summed E-state index contributed by atoms with van der Waals surface area (Å²) in [5.41, 5.74) is 1.33. The second kappa shape index (κ2) is 9.55. The number of nitrogens with one attached hydrogen (secondary N) is 1. The molecule has 1 aliphatic rings. The van der Waals surface area contributed by atoms with Gasteiger partial charge in [-0.05, 0) is 55.5 Å². The predicted molar refractivity (Wildman–Crippen MR) is 94.9 cm³/mol. The van der Waals surface area contributed by atoms with E-state index in [9.17, 15) is 4.79 Å². The first-order valence-corrected chi connectivity index (χ1v) is 9.39. The van der Waals surface area contributed by atoms with Gasteiger partial charge in [-0.1, -0.05) is 0 Å². The molecule has 2 rings (SSSR count). The number of carbonyl (C=O) groups excluding carboxylic acids is 1. The van der Waals surface area contributed by atoms with Crippen LogP contribution in [0.2, 0.25) is 0 Å². The summed E-state index contributed by atoms with van der Waals surface area (Å²) in [6.45, 7) is 7.61. The van der Waals surface area contributed by atoms with Crippen molar-refractivity contribution in [3.63, 3.8) is 0 Å². The van der Waals surface area contributed by atoms with Gasteiger partial charge in [0.25, 0.3) is 0 Å². The summed E-state index contributed by atoms with van der Waals surface area (Å²) in [6.07, 6.45) is 2.86. The summed E-state index contributed by atoms with van der Waals surface area (Å²) in [4.78, 5) is 18.9. The van der Waals surface area contributed by atoms with Crippen LogP contribution in [0.25, 0.3) is 0 Å². The zero-order valence-corrected chi connectivity index (χ0v) is 14.9. The topological polar surface area (TPSA) is 53.9 Å². The Balaban J connectivity index is 1.93. The monoisotopic (exact) mass is 337 g/mol. The Morgan fingerprint density at radius 2 is 2.39 bits per heavy atom. The Morgan fingerprint density at radius 3 is 3.09 bits per heavy atom. The number of hydrogen-bond acceptors (Lipinski definition) is 4. The molecule has 2 heterocycles. The number of piperidine rings is 1. The van der Waals surface area contributed by atoms with Crippen LogP contribution in [0.3, 0.4) is 0 Å². The van der Waals surface area contributed by atoms with E-state index in [0.29, 0.717) is 13.2 Å². The minimum absolute atomic E-state index is 0.0376. The van der Waals surface area contributed by atoms with Crippen LogP contribution in [0.1, 0.15) is 32.3 Å². The number of hydrogen-bond donors (Lipinski definition) is 1. The quantitative estimate of drug-likeness (QED) is 0.492. The molecule has 5 nitrogen and oxygen atoms in total. The van der Waals surface area contributed by atoms with Crippen molar-refractivity contribution < 1.29 is 9.53 Å². The Hall–Kier alpha value is -1.56. The molecule has 0 bridgehead atoms. The van der Waals surface area contributed by atoms with Gasteiger partial charge in [0.2, 0.25) is 0 Å². The zero-order valence-electron chi connectivity index (χ0n) is 14.1. The molecule has 1 aromatic heterocycles. The van der Waals surface area contributed by atoms with Crippen LogP contribution in [-0.2, 0) is 16.0 Å². The first-order valence-electron chi connectivity index (χ1n) is 8.45. The molecule has 1 atom stereocenters. The molecule has 0 amide bonds. The lowest BCUT2D eigenvalue weighted by Gasteiger charge is -2.34. The lowest BCUT2D eigenvalue weighted by Crippen LogP contribution is -2.48. The van der Waals surface area contributed by atoms with Crippen molar-refractivity contribution in [2.45, 2.75) is 33.1 Å². The van der Waals surface area contributed by atoms with Crippen LogP contribution in [0, 0.1) is 5.92 Å². The Labute approximate surface area is 142 Å². The highest BCUT2D eigenvalue weighted by atomic mass is 32.1. The van der Waals surface area contributed by atoms with Crippen molar-refractivity contribution >= 4 is 23.3 Å². The van der Waals surface area contributed by atoms with Crippen LogP contribution in [-0.4, -0.2) is 49.6 Å². The van der Waals surface area contributed by atoms with E-state index in [1.54, 1.807) is 11.3 Å². The fraction of sp³-hybridized carbons (Fsp3) is 0.647. The predicted octanol–water partition coefficient (Wildman–Crippen LogP) is 2.53. The lowest BCUT2D eigenvalue weighted by molar-refractivity contribution is -0.149. The van der Waals surface area contributed by atoms with Crippen LogP contribution < -0.4 is 5.32 Å². The first kappa shape index (κ1) is 17.8. The van der Waals surface area contributed by atoms with Crippen LogP contribution in [0.4, 0.5) is 0 Å². The second-order valence-electron chi connectivity index (χ2n) is 5.65. The lowest BCUT2D eigenvalue weighted by atomic mass is 9.98. The largest absolute Gasteiger partial charge is 0.466 e. The molecule has 23 heavy (non-hydrogen) atoms. The number of ether oxygens (including phenoxy) is 1. The molecule has 1 aliphatic heterocycles. The zero-order chi connectivity index (χ0) is 16.5. The minimum Gasteiger partial charge on any atom is -0.466 e. The molecule has 1 aromatic rings.